The first kappa shape index (κ1) is 20.0. The monoisotopic (exact) mass is 426 g/mol. The fraction of sp³-hybridized carbons (Fsp3) is 0.300. The van der Waals surface area contributed by atoms with Crippen LogP contribution in [0.4, 0.5) is 5.69 Å². The zero-order valence-electron chi connectivity index (χ0n) is 16.5. The van der Waals surface area contributed by atoms with Gasteiger partial charge in [-0.25, -0.2) is 8.42 Å². The minimum atomic E-state index is -3.24. The maximum Gasteiger partial charge on any atom is 0.246 e. The van der Waals surface area contributed by atoms with E-state index in [9.17, 15) is 13.2 Å². The molecule has 1 unspecified atom stereocenters. The van der Waals surface area contributed by atoms with Crippen LogP contribution in [0.5, 0.6) is 0 Å². The van der Waals surface area contributed by atoms with Gasteiger partial charge in [-0.05, 0) is 36.3 Å². The number of hydrogen-bond donors (Lipinski definition) is 1. The van der Waals surface area contributed by atoms with Crippen molar-refractivity contribution < 1.29 is 13.2 Å². The fourth-order valence-electron chi connectivity index (χ4n) is 3.28. The Morgan fingerprint density at radius 3 is 2.70 bits per heavy atom. The molecule has 10 heteroatoms. The van der Waals surface area contributed by atoms with E-state index >= 15 is 0 Å². The van der Waals surface area contributed by atoms with Crippen molar-refractivity contribution in [1.29, 1.82) is 0 Å². The van der Waals surface area contributed by atoms with Crippen LogP contribution in [0.15, 0.2) is 54.6 Å². The summed E-state index contributed by atoms with van der Waals surface area (Å²) >= 11 is 0. The first-order valence-electron chi connectivity index (χ1n) is 9.66. The van der Waals surface area contributed by atoms with Crippen molar-refractivity contribution in [2.24, 2.45) is 0 Å². The van der Waals surface area contributed by atoms with E-state index in [4.69, 9.17) is 0 Å². The maximum atomic E-state index is 12.6. The van der Waals surface area contributed by atoms with E-state index < -0.39 is 16.1 Å². The highest BCUT2D eigenvalue weighted by Crippen LogP contribution is 2.24. The highest BCUT2D eigenvalue weighted by Gasteiger charge is 2.28. The predicted octanol–water partition coefficient (Wildman–Crippen LogP) is 1.76. The lowest BCUT2D eigenvalue weighted by Gasteiger charge is -2.18. The van der Waals surface area contributed by atoms with Crippen molar-refractivity contribution in [3.8, 4) is 11.4 Å². The third-order valence-corrected chi connectivity index (χ3v) is 6.82. The Labute approximate surface area is 174 Å². The summed E-state index contributed by atoms with van der Waals surface area (Å²) in [6, 6.07) is 16.0. The second-order valence-corrected chi connectivity index (χ2v) is 9.12. The van der Waals surface area contributed by atoms with Gasteiger partial charge in [0.15, 0.2) is 0 Å². The number of aromatic nitrogens is 4. The Kier molecular flexibility index (Phi) is 5.49. The molecular weight excluding hydrogens is 404 g/mol. The lowest BCUT2D eigenvalue weighted by atomic mass is 10.2. The maximum absolute atomic E-state index is 12.6. The lowest BCUT2D eigenvalue weighted by molar-refractivity contribution is -0.124. The molecule has 1 aliphatic rings. The van der Waals surface area contributed by atoms with E-state index in [1.807, 2.05) is 36.4 Å². The molecule has 1 saturated heterocycles. The normalized spacial score (nSPS) is 16.4. The summed E-state index contributed by atoms with van der Waals surface area (Å²) in [4.78, 5) is 13.8. The number of nitrogens with zero attached hydrogens (tertiary/aromatic N) is 5. The van der Waals surface area contributed by atoms with Crippen LogP contribution in [-0.2, 0) is 21.4 Å². The van der Waals surface area contributed by atoms with Gasteiger partial charge in [-0.3, -0.25) is 9.10 Å². The number of tetrazole rings is 1. The number of carbonyl (C=O) groups is 1. The molecule has 0 bridgehead atoms. The molecular formula is C20H22N6O3S. The van der Waals surface area contributed by atoms with E-state index in [2.05, 4.69) is 20.7 Å². The Morgan fingerprint density at radius 1 is 1.17 bits per heavy atom. The largest absolute Gasteiger partial charge is 0.350 e. The highest BCUT2D eigenvalue weighted by atomic mass is 32.2. The molecule has 1 aromatic heterocycles. The summed E-state index contributed by atoms with van der Waals surface area (Å²) in [5, 5.41) is 15.2. The Balaban J connectivity index is 1.40. The quantitative estimate of drug-likeness (QED) is 0.643. The number of sulfonamides is 1. The fourth-order valence-corrected chi connectivity index (χ4v) is 4.84. The van der Waals surface area contributed by atoms with Crippen molar-refractivity contribution >= 4 is 21.6 Å². The zero-order valence-corrected chi connectivity index (χ0v) is 17.3. The molecule has 0 saturated carbocycles. The van der Waals surface area contributed by atoms with E-state index in [0.29, 0.717) is 24.5 Å². The van der Waals surface area contributed by atoms with E-state index in [1.54, 1.807) is 25.1 Å². The van der Waals surface area contributed by atoms with Gasteiger partial charge in [0.2, 0.25) is 21.8 Å². The molecule has 0 spiro atoms. The number of hydrogen-bond acceptors (Lipinski definition) is 6. The van der Waals surface area contributed by atoms with Crippen LogP contribution in [0.25, 0.3) is 11.4 Å². The molecule has 4 rings (SSSR count). The highest BCUT2D eigenvalue weighted by molar-refractivity contribution is 7.93. The summed E-state index contributed by atoms with van der Waals surface area (Å²) in [5.74, 6) is 0.363. The number of nitrogens with one attached hydrogen (secondary N) is 1. The number of amides is 1. The lowest BCUT2D eigenvalue weighted by Crippen LogP contribution is -2.32. The number of benzene rings is 2. The van der Waals surface area contributed by atoms with Crippen LogP contribution < -0.4 is 9.62 Å². The first-order valence-corrected chi connectivity index (χ1v) is 11.3. The van der Waals surface area contributed by atoms with Gasteiger partial charge >= 0.3 is 0 Å². The average molecular weight is 427 g/mol. The van der Waals surface area contributed by atoms with Crippen molar-refractivity contribution in [2.45, 2.75) is 25.9 Å². The molecule has 30 heavy (non-hydrogen) atoms. The Morgan fingerprint density at radius 2 is 1.97 bits per heavy atom. The third-order valence-electron chi connectivity index (χ3n) is 4.95. The van der Waals surface area contributed by atoms with Gasteiger partial charge in [-0.15, -0.1) is 10.2 Å². The minimum absolute atomic E-state index is 0.168. The van der Waals surface area contributed by atoms with Gasteiger partial charge in [0, 0.05) is 18.7 Å². The third kappa shape index (κ3) is 4.18. The summed E-state index contributed by atoms with van der Waals surface area (Å²) in [5.41, 5.74) is 2.26. The van der Waals surface area contributed by atoms with E-state index in [1.165, 1.54) is 9.10 Å². The van der Waals surface area contributed by atoms with Crippen LogP contribution in [0.1, 0.15) is 24.9 Å². The van der Waals surface area contributed by atoms with Crippen molar-refractivity contribution in [3.05, 3.63) is 60.2 Å². The summed E-state index contributed by atoms with van der Waals surface area (Å²) in [6.45, 7) is 2.45. The smallest absolute Gasteiger partial charge is 0.246 e. The van der Waals surface area contributed by atoms with Crippen molar-refractivity contribution in [3.63, 3.8) is 0 Å². The number of carbonyl (C=O) groups excluding carboxylic acids is 1. The molecule has 1 fully saturated rings. The van der Waals surface area contributed by atoms with Gasteiger partial charge < -0.3 is 5.32 Å². The minimum Gasteiger partial charge on any atom is -0.350 e. The van der Waals surface area contributed by atoms with Crippen molar-refractivity contribution in [1.82, 2.24) is 25.5 Å². The predicted molar refractivity (Wildman–Crippen MR) is 112 cm³/mol. The van der Waals surface area contributed by atoms with E-state index in [0.717, 1.165) is 11.1 Å². The first-order chi connectivity index (χ1) is 14.4. The summed E-state index contributed by atoms with van der Waals surface area (Å²) in [6.07, 6.45) is 0.622. The standard InChI is InChI=1S/C20H22N6O3S/c1-15(26-23-19(22-24-26)17-8-3-2-4-9-17)20(27)21-14-16-7-5-10-18(13-16)25-11-6-12-30(25,28)29/h2-5,7-10,13,15H,6,11-12,14H2,1H3,(H,21,27). The molecule has 2 aromatic carbocycles. The van der Waals surface area contributed by atoms with Crippen LogP contribution in [0.2, 0.25) is 0 Å². The van der Waals surface area contributed by atoms with Gasteiger partial charge in [0.25, 0.3) is 0 Å². The second-order valence-electron chi connectivity index (χ2n) is 7.10. The molecule has 3 aromatic rings. The molecule has 1 aliphatic heterocycles. The summed E-state index contributed by atoms with van der Waals surface area (Å²) < 4.78 is 25.7. The zero-order chi connectivity index (χ0) is 21.1. The number of rotatable bonds is 6. The average Bonchev–Trinajstić information content (AvgIpc) is 3.38. The molecule has 1 N–H and O–H groups in total. The van der Waals surface area contributed by atoms with Crippen molar-refractivity contribution in [2.75, 3.05) is 16.6 Å². The van der Waals surface area contributed by atoms with Gasteiger partial charge in [-0.1, -0.05) is 42.5 Å². The van der Waals surface area contributed by atoms with Gasteiger partial charge in [0.05, 0.1) is 11.4 Å². The topological polar surface area (TPSA) is 110 Å². The van der Waals surface area contributed by atoms with Crippen LogP contribution in [0, 0.1) is 0 Å². The second kappa shape index (κ2) is 8.23. The molecule has 0 radical (unpaired) electrons. The molecule has 9 nitrogen and oxygen atoms in total. The molecule has 156 valence electrons. The Hall–Kier alpha value is -3.27. The molecule has 1 atom stereocenters. The van der Waals surface area contributed by atoms with Crippen LogP contribution >= 0.6 is 0 Å². The van der Waals surface area contributed by atoms with Crippen LogP contribution in [-0.4, -0.2) is 46.8 Å². The molecule has 0 aliphatic carbocycles. The SMILES string of the molecule is CC(C(=O)NCc1cccc(N2CCCS2(=O)=O)c1)n1nnc(-c2ccccc2)n1. The van der Waals surface area contributed by atoms with Gasteiger partial charge in [0.1, 0.15) is 6.04 Å². The number of anilines is 1. The molecule has 1 amide bonds. The van der Waals surface area contributed by atoms with Crippen LogP contribution in [0.3, 0.4) is 0 Å². The summed E-state index contributed by atoms with van der Waals surface area (Å²) in [7, 11) is -3.24. The van der Waals surface area contributed by atoms with Gasteiger partial charge in [-0.2, -0.15) is 4.80 Å². The Bertz CT molecular complexity index is 1150. The van der Waals surface area contributed by atoms with E-state index in [-0.39, 0.29) is 18.2 Å². The molecule has 2 heterocycles.